The summed E-state index contributed by atoms with van der Waals surface area (Å²) in [6, 6.07) is 12.2. The Morgan fingerprint density at radius 1 is 1.04 bits per heavy atom. The monoisotopic (exact) mass is 371 g/mol. The highest BCUT2D eigenvalue weighted by Gasteiger charge is 2.34. The second-order valence-electron chi connectivity index (χ2n) is 7.59. The predicted molar refractivity (Wildman–Crippen MR) is 113 cm³/mol. The van der Waals surface area contributed by atoms with Crippen LogP contribution in [0.15, 0.2) is 41.6 Å². The molecule has 0 aliphatic rings. The quantitative estimate of drug-likeness (QED) is 0.477. The van der Waals surface area contributed by atoms with Gasteiger partial charge in [-0.3, -0.25) is 0 Å². The van der Waals surface area contributed by atoms with E-state index in [0.717, 1.165) is 40.4 Å². The van der Waals surface area contributed by atoms with E-state index >= 15 is 0 Å². The number of aryl methyl sites for hydroxylation is 2. The summed E-state index contributed by atoms with van der Waals surface area (Å²) in [5, 5.41) is 15.2. The molecule has 0 aliphatic heterocycles. The molecule has 0 saturated carbocycles. The molecule has 0 fully saturated rings. The van der Waals surface area contributed by atoms with Gasteiger partial charge in [0.15, 0.2) is 0 Å². The van der Waals surface area contributed by atoms with Crippen molar-refractivity contribution in [2.24, 2.45) is 5.18 Å². The molecular weight excluding hydrogens is 341 g/mol. The Balaban J connectivity index is 2.63. The van der Waals surface area contributed by atoms with Crippen LogP contribution in [-0.2, 0) is 10.7 Å². The minimum Gasteiger partial charge on any atom is -0.507 e. The molecule has 4 heteroatoms. The van der Waals surface area contributed by atoms with Crippen molar-refractivity contribution in [3.8, 4) is 5.75 Å². The summed E-state index contributed by atoms with van der Waals surface area (Å²) in [6.07, 6.45) is 1.84. The van der Waals surface area contributed by atoms with Crippen LogP contribution in [0.4, 0.5) is 0 Å². The summed E-state index contributed by atoms with van der Waals surface area (Å²) in [5.74, 6) is 0.400. The van der Waals surface area contributed by atoms with Crippen LogP contribution in [0, 0.1) is 18.8 Å². The zero-order valence-corrected chi connectivity index (χ0v) is 17.7. The molecule has 0 saturated heterocycles. The van der Waals surface area contributed by atoms with Crippen LogP contribution in [0.25, 0.3) is 0 Å². The molecular formula is C22H30NO2P. The largest absolute Gasteiger partial charge is 0.507 e. The minimum atomic E-state index is -0.763. The number of phenolic OH excluding ortho intramolecular Hbond substituents is 1. The number of hydrogen-bond donors (Lipinski definition) is 1. The normalized spacial score (nSPS) is 12.7. The van der Waals surface area contributed by atoms with Crippen molar-refractivity contribution in [1.29, 1.82) is 0 Å². The second-order valence-corrected chi connectivity index (χ2v) is 9.33. The molecule has 0 heterocycles. The van der Waals surface area contributed by atoms with Crippen molar-refractivity contribution in [3.05, 3.63) is 63.6 Å². The molecule has 26 heavy (non-hydrogen) atoms. The van der Waals surface area contributed by atoms with Crippen LogP contribution in [0.1, 0.15) is 62.8 Å². The first-order chi connectivity index (χ1) is 12.2. The molecule has 0 amide bonds. The Morgan fingerprint density at radius 3 is 2.23 bits per heavy atom. The molecule has 140 valence electrons. The highest BCUT2D eigenvalue weighted by Crippen LogP contribution is 2.51. The SMILES string of the molecule is CCC(CC)(Pc1ccccc1C(C)(C)N=O)c1cc(C)cc(C)c1O. The lowest BCUT2D eigenvalue weighted by atomic mass is 9.89. The van der Waals surface area contributed by atoms with Gasteiger partial charge in [0.2, 0.25) is 0 Å². The third-order valence-electron chi connectivity index (χ3n) is 5.36. The summed E-state index contributed by atoms with van der Waals surface area (Å²) < 4.78 is 0. The standard InChI is InChI=1S/C22H30NO2P/c1-7-22(8-2,18-14-15(3)13-16(4)20(18)24)26-19-12-10-9-11-17(19)21(5,6)23-25/h9-14,24,26H,7-8H2,1-6H3. The van der Waals surface area contributed by atoms with Crippen molar-refractivity contribution in [2.75, 3.05) is 0 Å². The van der Waals surface area contributed by atoms with Gasteiger partial charge in [0.05, 0.1) is 0 Å². The Hall–Kier alpha value is -1.73. The van der Waals surface area contributed by atoms with Gasteiger partial charge in [-0.2, -0.15) is 0 Å². The molecule has 1 N–H and O–H groups in total. The fourth-order valence-electron chi connectivity index (χ4n) is 3.63. The highest BCUT2D eigenvalue weighted by atomic mass is 31.1. The van der Waals surface area contributed by atoms with Gasteiger partial charge in [-0.15, -0.1) is 4.91 Å². The lowest BCUT2D eigenvalue weighted by molar-refractivity contribution is 0.444. The van der Waals surface area contributed by atoms with Gasteiger partial charge in [-0.05, 0) is 57.0 Å². The molecule has 3 nitrogen and oxygen atoms in total. The van der Waals surface area contributed by atoms with E-state index in [4.69, 9.17) is 0 Å². The molecule has 1 atom stereocenters. The van der Waals surface area contributed by atoms with E-state index < -0.39 is 5.54 Å². The molecule has 1 unspecified atom stereocenters. The van der Waals surface area contributed by atoms with Gasteiger partial charge in [0, 0.05) is 10.7 Å². The molecule has 2 rings (SSSR count). The van der Waals surface area contributed by atoms with Crippen molar-refractivity contribution in [2.45, 2.75) is 65.1 Å². The van der Waals surface area contributed by atoms with E-state index in [1.165, 1.54) is 0 Å². The van der Waals surface area contributed by atoms with Crippen molar-refractivity contribution in [1.82, 2.24) is 0 Å². The van der Waals surface area contributed by atoms with Crippen LogP contribution in [0.5, 0.6) is 5.75 Å². The zero-order valence-electron chi connectivity index (χ0n) is 16.7. The molecule has 0 bridgehead atoms. The maximum atomic E-state index is 11.4. The molecule has 2 aromatic rings. The van der Waals surface area contributed by atoms with Crippen LogP contribution in [0.2, 0.25) is 0 Å². The lowest BCUT2D eigenvalue weighted by Gasteiger charge is -2.35. The first-order valence-electron chi connectivity index (χ1n) is 9.23. The Bertz CT molecular complexity index is 795. The molecule has 0 aromatic heterocycles. The van der Waals surface area contributed by atoms with Crippen LogP contribution >= 0.6 is 8.58 Å². The Labute approximate surface area is 159 Å². The van der Waals surface area contributed by atoms with E-state index in [2.05, 4.69) is 38.1 Å². The summed E-state index contributed by atoms with van der Waals surface area (Å²) in [6.45, 7) is 12.1. The number of nitroso groups, excluding NO2 is 1. The summed E-state index contributed by atoms with van der Waals surface area (Å²) in [5.41, 5.74) is 3.31. The van der Waals surface area contributed by atoms with E-state index in [1.54, 1.807) is 0 Å². The van der Waals surface area contributed by atoms with E-state index in [-0.39, 0.29) is 5.16 Å². The molecule has 0 spiro atoms. The Morgan fingerprint density at radius 2 is 1.65 bits per heavy atom. The fourth-order valence-corrected chi connectivity index (χ4v) is 5.53. The van der Waals surface area contributed by atoms with Crippen LogP contribution in [0.3, 0.4) is 0 Å². The predicted octanol–water partition coefficient (Wildman–Crippen LogP) is 6.03. The number of nitrogens with zero attached hydrogens (tertiary/aromatic N) is 1. The smallest absolute Gasteiger partial charge is 0.122 e. The topological polar surface area (TPSA) is 49.7 Å². The molecule has 0 radical (unpaired) electrons. The summed E-state index contributed by atoms with van der Waals surface area (Å²) >= 11 is 0. The number of phenols is 1. The number of rotatable bonds is 7. The van der Waals surface area contributed by atoms with Gasteiger partial charge in [0.25, 0.3) is 0 Å². The maximum Gasteiger partial charge on any atom is 0.122 e. The Kier molecular flexibility index (Phi) is 6.24. The molecule has 0 aliphatic carbocycles. The lowest BCUT2D eigenvalue weighted by Crippen LogP contribution is -2.27. The zero-order chi connectivity index (χ0) is 19.5. The van der Waals surface area contributed by atoms with Crippen molar-refractivity contribution >= 4 is 13.9 Å². The number of benzene rings is 2. The first kappa shape index (κ1) is 20.6. The fraction of sp³-hybridized carbons (Fsp3) is 0.455. The number of hydrogen-bond acceptors (Lipinski definition) is 3. The van der Waals surface area contributed by atoms with Crippen molar-refractivity contribution < 1.29 is 5.11 Å². The van der Waals surface area contributed by atoms with Crippen LogP contribution in [-0.4, -0.2) is 5.11 Å². The minimum absolute atomic E-state index is 0.157. The average molecular weight is 371 g/mol. The van der Waals surface area contributed by atoms with Gasteiger partial charge in [-0.1, -0.05) is 69.6 Å². The average Bonchev–Trinajstić information content (AvgIpc) is 2.63. The third-order valence-corrected chi connectivity index (χ3v) is 7.52. The number of aromatic hydroxyl groups is 1. The van der Waals surface area contributed by atoms with E-state index in [0.29, 0.717) is 14.3 Å². The van der Waals surface area contributed by atoms with E-state index in [1.807, 2.05) is 45.0 Å². The van der Waals surface area contributed by atoms with Gasteiger partial charge < -0.3 is 5.11 Å². The summed E-state index contributed by atoms with van der Waals surface area (Å²) in [4.78, 5) is 11.4. The maximum absolute atomic E-state index is 11.4. The third kappa shape index (κ3) is 3.83. The van der Waals surface area contributed by atoms with Crippen molar-refractivity contribution in [3.63, 3.8) is 0 Å². The summed E-state index contributed by atoms with van der Waals surface area (Å²) in [7, 11) is 0.449. The first-order valence-corrected chi connectivity index (χ1v) is 10.2. The van der Waals surface area contributed by atoms with Gasteiger partial charge in [0.1, 0.15) is 11.3 Å². The second kappa shape index (κ2) is 7.88. The van der Waals surface area contributed by atoms with E-state index in [9.17, 15) is 10.0 Å². The molecule has 2 aromatic carbocycles. The van der Waals surface area contributed by atoms with Crippen LogP contribution < -0.4 is 5.30 Å². The van der Waals surface area contributed by atoms with Gasteiger partial charge in [-0.25, -0.2) is 0 Å². The van der Waals surface area contributed by atoms with Gasteiger partial charge >= 0.3 is 0 Å². The highest BCUT2D eigenvalue weighted by molar-refractivity contribution is 7.48.